The van der Waals surface area contributed by atoms with Crippen molar-refractivity contribution in [3.05, 3.63) is 48.7 Å². The lowest BCUT2D eigenvalue weighted by Gasteiger charge is -2.37. The molecule has 0 aliphatic carbocycles. The molecule has 4 heterocycles. The van der Waals surface area contributed by atoms with Crippen LogP contribution < -0.4 is 4.90 Å². The van der Waals surface area contributed by atoms with E-state index in [0.29, 0.717) is 5.91 Å². The quantitative estimate of drug-likeness (QED) is 0.704. The van der Waals surface area contributed by atoms with Crippen LogP contribution in [-0.2, 0) is 4.79 Å². The first kappa shape index (κ1) is 16.3. The van der Waals surface area contributed by atoms with Gasteiger partial charge in [-0.2, -0.15) is 9.61 Å². The number of nitrogens with zero attached hydrogens (tertiary/aromatic N) is 5. The van der Waals surface area contributed by atoms with Crippen molar-refractivity contribution >= 4 is 17.4 Å². The van der Waals surface area contributed by atoms with Crippen LogP contribution in [0.4, 0.5) is 5.82 Å². The largest absolute Gasteiger partial charge is 0.355 e. The van der Waals surface area contributed by atoms with Gasteiger partial charge in [0, 0.05) is 44.4 Å². The van der Waals surface area contributed by atoms with Crippen molar-refractivity contribution in [2.75, 3.05) is 31.6 Å². The first-order chi connectivity index (χ1) is 13.2. The third-order valence-electron chi connectivity index (χ3n) is 6.04. The highest BCUT2D eigenvalue weighted by atomic mass is 16.2. The minimum absolute atomic E-state index is 0.247. The summed E-state index contributed by atoms with van der Waals surface area (Å²) in [6.45, 7) is 2.49. The molecule has 6 heteroatoms. The summed E-state index contributed by atoms with van der Waals surface area (Å²) in [5, 5.41) is 4.48. The van der Waals surface area contributed by atoms with Gasteiger partial charge in [0.05, 0.1) is 17.3 Å². The Kier molecular flexibility index (Phi) is 3.67. The number of carbonyl (C=O) groups excluding carboxylic acids is 1. The lowest BCUT2D eigenvalue weighted by atomic mass is 9.78. The first-order valence-corrected chi connectivity index (χ1v) is 9.57. The second-order valence-electron chi connectivity index (χ2n) is 7.75. The molecule has 5 rings (SSSR count). The van der Waals surface area contributed by atoms with E-state index in [0.717, 1.165) is 61.6 Å². The predicted molar refractivity (Wildman–Crippen MR) is 105 cm³/mol. The maximum absolute atomic E-state index is 12.9. The smallest absolute Gasteiger partial charge is 0.230 e. The van der Waals surface area contributed by atoms with Crippen molar-refractivity contribution in [1.29, 1.82) is 0 Å². The van der Waals surface area contributed by atoms with Crippen molar-refractivity contribution in [2.45, 2.75) is 19.3 Å². The molecule has 2 saturated heterocycles. The van der Waals surface area contributed by atoms with E-state index in [4.69, 9.17) is 4.98 Å². The Morgan fingerprint density at radius 3 is 2.78 bits per heavy atom. The number of fused-ring (bicyclic) bond motifs is 1. The van der Waals surface area contributed by atoms with Crippen LogP contribution in [0, 0.1) is 5.41 Å². The number of likely N-dealkylation sites (tertiary alicyclic amines) is 1. The summed E-state index contributed by atoms with van der Waals surface area (Å²) in [7, 11) is 1.93. The molecule has 2 aliphatic rings. The second-order valence-corrected chi connectivity index (χ2v) is 7.75. The van der Waals surface area contributed by atoms with E-state index < -0.39 is 0 Å². The number of hydrogen-bond acceptors (Lipinski definition) is 4. The molecule has 0 unspecified atom stereocenters. The summed E-state index contributed by atoms with van der Waals surface area (Å²) < 4.78 is 1.89. The average Bonchev–Trinajstić information content (AvgIpc) is 3.34. The summed E-state index contributed by atoms with van der Waals surface area (Å²) in [6, 6.07) is 14.2. The molecule has 1 amide bonds. The van der Waals surface area contributed by atoms with Gasteiger partial charge in [0.15, 0.2) is 5.65 Å². The van der Waals surface area contributed by atoms with Crippen molar-refractivity contribution < 1.29 is 4.79 Å². The maximum atomic E-state index is 12.9. The summed E-state index contributed by atoms with van der Waals surface area (Å²) >= 11 is 0. The number of piperidine rings is 1. The Morgan fingerprint density at radius 2 is 1.93 bits per heavy atom. The highest BCUT2D eigenvalue weighted by Gasteiger charge is 2.48. The highest BCUT2D eigenvalue weighted by Crippen LogP contribution is 2.41. The normalized spacial score (nSPS) is 22.9. The lowest BCUT2D eigenvalue weighted by molar-refractivity contribution is -0.143. The predicted octanol–water partition coefficient (Wildman–Crippen LogP) is 2.85. The van der Waals surface area contributed by atoms with Gasteiger partial charge in [0.2, 0.25) is 5.91 Å². The van der Waals surface area contributed by atoms with Gasteiger partial charge in [-0.1, -0.05) is 30.3 Å². The maximum Gasteiger partial charge on any atom is 0.230 e. The Bertz CT molecular complexity index is 998. The molecule has 1 aromatic carbocycles. The van der Waals surface area contributed by atoms with Crippen LogP contribution >= 0.6 is 0 Å². The molecule has 2 aromatic heterocycles. The Hall–Kier alpha value is -2.89. The van der Waals surface area contributed by atoms with E-state index in [9.17, 15) is 4.79 Å². The number of aromatic nitrogens is 3. The van der Waals surface area contributed by atoms with E-state index in [1.807, 2.05) is 40.7 Å². The van der Waals surface area contributed by atoms with Crippen molar-refractivity contribution in [2.24, 2.45) is 5.41 Å². The standard InChI is InChI=1S/C21H23N5O/c1-24-12-5-9-21(20(24)27)10-13-25(15-21)19-14-17(16-6-3-2-4-7-16)23-18-8-11-22-26(18)19/h2-4,6-8,11,14H,5,9-10,12-13,15H2,1H3/t21-/m1/s1. The summed E-state index contributed by atoms with van der Waals surface area (Å²) in [6.07, 6.45) is 4.75. The van der Waals surface area contributed by atoms with Gasteiger partial charge in [-0.15, -0.1) is 0 Å². The molecule has 138 valence electrons. The van der Waals surface area contributed by atoms with Crippen molar-refractivity contribution in [1.82, 2.24) is 19.5 Å². The van der Waals surface area contributed by atoms with Crippen LogP contribution in [0.3, 0.4) is 0 Å². The van der Waals surface area contributed by atoms with Crippen molar-refractivity contribution in [3.63, 3.8) is 0 Å². The van der Waals surface area contributed by atoms with Gasteiger partial charge >= 0.3 is 0 Å². The van der Waals surface area contributed by atoms with Gasteiger partial charge in [0.1, 0.15) is 5.82 Å². The molecule has 27 heavy (non-hydrogen) atoms. The zero-order chi connectivity index (χ0) is 18.4. The molecule has 2 fully saturated rings. The van der Waals surface area contributed by atoms with Gasteiger partial charge in [-0.25, -0.2) is 4.98 Å². The lowest BCUT2D eigenvalue weighted by Crippen LogP contribution is -2.48. The number of hydrogen-bond donors (Lipinski definition) is 0. The van der Waals surface area contributed by atoms with Gasteiger partial charge in [0.25, 0.3) is 0 Å². The topological polar surface area (TPSA) is 53.7 Å². The second kappa shape index (κ2) is 6.08. The molecule has 1 spiro atoms. The third kappa shape index (κ3) is 2.59. The SMILES string of the molecule is CN1CCC[C@]2(CCN(c3cc(-c4ccccc4)nc4ccnn34)C2)C1=O. The molecule has 1 atom stereocenters. The van der Waals surface area contributed by atoms with Gasteiger partial charge in [-0.3, -0.25) is 4.79 Å². The summed E-state index contributed by atoms with van der Waals surface area (Å²) in [5.74, 6) is 1.31. The fraction of sp³-hybridized carbons (Fsp3) is 0.381. The monoisotopic (exact) mass is 361 g/mol. The molecule has 2 aliphatic heterocycles. The van der Waals surface area contributed by atoms with Crippen LogP contribution in [0.2, 0.25) is 0 Å². The molecule has 3 aromatic rings. The van der Waals surface area contributed by atoms with Gasteiger partial charge in [-0.05, 0) is 19.3 Å². The highest BCUT2D eigenvalue weighted by molar-refractivity contribution is 5.85. The average molecular weight is 361 g/mol. The Morgan fingerprint density at radius 1 is 1.07 bits per heavy atom. The Balaban J connectivity index is 1.55. The zero-order valence-corrected chi connectivity index (χ0v) is 15.5. The number of carbonyl (C=O) groups is 1. The Labute approximate surface area is 158 Å². The summed E-state index contributed by atoms with van der Waals surface area (Å²) in [5.41, 5.74) is 2.61. The van der Waals surface area contributed by atoms with Gasteiger partial charge < -0.3 is 9.80 Å². The molecular weight excluding hydrogens is 338 g/mol. The molecule has 0 radical (unpaired) electrons. The van der Waals surface area contributed by atoms with E-state index in [2.05, 4.69) is 28.2 Å². The van der Waals surface area contributed by atoms with Crippen LogP contribution in [0.15, 0.2) is 48.7 Å². The third-order valence-corrected chi connectivity index (χ3v) is 6.04. The van der Waals surface area contributed by atoms with E-state index in [-0.39, 0.29) is 5.41 Å². The number of rotatable bonds is 2. The van der Waals surface area contributed by atoms with Crippen LogP contribution in [0.5, 0.6) is 0 Å². The zero-order valence-electron chi connectivity index (χ0n) is 15.5. The molecule has 0 bridgehead atoms. The molecule has 0 N–H and O–H groups in total. The molecule has 0 saturated carbocycles. The van der Waals surface area contributed by atoms with Crippen LogP contribution in [0.1, 0.15) is 19.3 Å². The van der Waals surface area contributed by atoms with Crippen LogP contribution in [-0.4, -0.2) is 52.1 Å². The minimum Gasteiger partial charge on any atom is -0.355 e. The van der Waals surface area contributed by atoms with E-state index >= 15 is 0 Å². The number of amides is 1. The number of anilines is 1. The van der Waals surface area contributed by atoms with Crippen molar-refractivity contribution in [3.8, 4) is 11.3 Å². The fourth-order valence-corrected chi connectivity index (χ4v) is 4.59. The molecule has 6 nitrogen and oxygen atoms in total. The van der Waals surface area contributed by atoms with Crippen LogP contribution in [0.25, 0.3) is 16.9 Å². The minimum atomic E-state index is -0.247. The van der Waals surface area contributed by atoms with E-state index in [1.165, 1.54) is 0 Å². The van der Waals surface area contributed by atoms with E-state index in [1.54, 1.807) is 6.20 Å². The summed E-state index contributed by atoms with van der Waals surface area (Å²) in [4.78, 5) is 21.9. The first-order valence-electron chi connectivity index (χ1n) is 9.57. The fourth-order valence-electron chi connectivity index (χ4n) is 4.59. The number of benzene rings is 1. The molecular formula is C21H23N5O.